The fourth-order valence-electron chi connectivity index (χ4n) is 3.30. The van der Waals surface area contributed by atoms with Gasteiger partial charge in [-0.2, -0.15) is 5.26 Å². The van der Waals surface area contributed by atoms with Crippen molar-refractivity contribution in [3.8, 4) is 34.2 Å². The smallest absolute Gasteiger partial charge is 0.255 e. The number of amides is 1. The third-order valence-corrected chi connectivity index (χ3v) is 4.56. The van der Waals surface area contributed by atoms with Gasteiger partial charge in [-0.15, -0.1) is 0 Å². The van der Waals surface area contributed by atoms with E-state index in [-0.39, 0.29) is 6.61 Å². The zero-order valence-corrected chi connectivity index (χ0v) is 15.5. The van der Waals surface area contributed by atoms with Gasteiger partial charge in [-0.1, -0.05) is 60.7 Å². The quantitative estimate of drug-likeness (QED) is 0.560. The van der Waals surface area contributed by atoms with Crippen LogP contribution in [0.2, 0.25) is 0 Å². The van der Waals surface area contributed by atoms with E-state index in [0.717, 1.165) is 27.6 Å². The highest BCUT2D eigenvalue weighted by Crippen LogP contribution is 2.37. The molecule has 0 spiro atoms. The van der Waals surface area contributed by atoms with Crippen molar-refractivity contribution in [3.63, 3.8) is 0 Å². The first-order valence-corrected chi connectivity index (χ1v) is 9.07. The highest BCUT2D eigenvalue weighted by Gasteiger charge is 2.18. The lowest BCUT2D eigenvalue weighted by Crippen LogP contribution is -2.20. The van der Waals surface area contributed by atoms with Crippen LogP contribution < -0.4 is 10.5 Å². The molecule has 0 saturated carbocycles. The minimum absolute atomic E-state index is 0.215. The van der Waals surface area contributed by atoms with E-state index in [1.54, 1.807) is 12.1 Å². The van der Waals surface area contributed by atoms with Crippen LogP contribution in [0.15, 0.2) is 78.9 Å². The second-order valence-corrected chi connectivity index (χ2v) is 6.49. The second-order valence-electron chi connectivity index (χ2n) is 6.49. The number of carbonyl (C=O) groups excluding carboxylic acids is 1. The molecule has 0 atom stereocenters. The number of hydrogen-bond donors (Lipinski definition) is 1. The summed E-state index contributed by atoms with van der Waals surface area (Å²) in [5.41, 5.74) is 9.59. The summed E-state index contributed by atoms with van der Waals surface area (Å²) >= 11 is 0. The molecule has 4 aromatic rings. The van der Waals surface area contributed by atoms with Crippen LogP contribution in [0.25, 0.3) is 33.3 Å². The maximum atomic E-state index is 11.1. The second kappa shape index (κ2) is 7.83. The first-order chi connectivity index (χ1) is 14.2. The van der Waals surface area contributed by atoms with Crippen LogP contribution in [-0.4, -0.2) is 17.5 Å². The molecule has 0 radical (unpaired) electrons. The van der Waals surface area contributed by atoms with Crippen molar-refractivity contribution in [3.05, 3.63) is 84.4 Å². The van der Waals surface area contributed by atoms with Gasteiger partial charge in [-0.3, -0.25) is 4.79 Å². The molecule has 4 rings (SSSR count). The van der Waals surface area contributed by atoms with Gasteiger partial charge in [-0.05, 0) is 23.8 Å². The van der Waals surface area contributed by atoms with Crippen LogP contribution in [0, 0.1) is 11.3 Å². The molecule has 0 fully saturated rings. The molecule has 0 aliphatic carbocycles. The summed E-state index contributed by atoms with van der Waals surface area (Å²) in [6.07, 6.45) is 0. The molecule has 5 nitrogen and oxygen atoms in total. The van der Waals surface area contributed by atoms with Gasteiger partial charge in [0, 0.05) is 16.5 Å². The van der Waals surface area contributed by atoms with Crippen LogP contribution in [-0.2, 0) is 4.79 Å². The Morgan fingerprint density at radius 3 is 2.24 bits per heavy atom. The van der Waals surface area contributed by atoms with Crippen molar-refractivity contribution in [2.75, 3.05) is 6.61 Å². The molecule has 5 heteroatoms. The Balaban J connectivity index is 2.02. The summed E-state index contributed by atoms with van der Waals surface area (Å²) in [4.78, 5) is 15.8. The highest BCUT2D eigenvalue weighted by molar-refractivity contribution is 6.01. The molecular formula is C24H17N3O2. The van der Waals surface area contributed by atoms with Gasteiger partial charge in [0.05, 0.1) is 16.8 Å². The van der Waals surface area contributed by atoms with Crippen LogP contribution in [0.4, 0.5) is 0 Å². The Kier molecular flexibility index (Phi) is 4.91. The lowest BCUT2D eigenvalue weighted by molar-refractivity contribution is -0.119. The van der Waals surface area contributed by atoms with E-state index in [9.17, 15) is 10.1 Å². The molecule has 0 unspecified atom stereocenters. The van der Waals surface area contributed by atoms with Gasteiger partial charge in [0.1, 0.15) is 11.8 Å². The van der Waals surface area contributed by atoms with Crippen molar-refractivity contribution < 1.29 is 9.53 Å². The Labute approximate surface area is 168 Å². The zero-order chi connectivity index (χ0) is 20.2. The van der Waals surface area contributed by atoms with Gasteiger partial charge in [0.25, 0.3) is 5.91 Å². The summed E-state index contributed by atoms with van der Waals surface area (Å²) in [5, 5.41) is 10.8. The predicted octanol–water partition coefficient (Wildman–Crippen LogP) is 4.30. The highest BCUT2D eigenvalue weighted by atomic mass is 16.5. The number of rotatable bonds is 5. The van der Waals surface area contributed by atoms with E-state index in [0.29, 0.717) is 17.0 Å². The van der Waals surface area contributed by atoms with Gasteiger partial charge in [0.15, 0.2) is 6.61 Å². The van der Waals surface area contributed by atoms with Crippen LogP contribution >= 0.6 is 0 Å². The van der Waals surface area contributed by atoms with E-state index < -0.39 is 5.91 Å². The van der Waals surface area contributed by atoms with Crippen LogP contribution in [0.1, 0.15) is 5.56 Å². The largest absolute Gasteiger partial charge is 0.484 e. The number of nitriles is 1. The molecule has 0 saturated heterocycles. The predicted molar refractivity (Wildman–Crippen MR) is 112 cm³/mol. The van der Waals surface area contributed by atoms with E-state index >= 15 is 0 Å². The lowest BCUT2D eigenvalue weighted by Gasteiger charge is -2.15. The van der Waals surface area contributed by atoms with E-state index in [4.69, 9.17) is 15.5 Å². The Morgan fingerprint density at radius 2 is 1.62 bits per heavy atom. The number of carbonyl (C=O) groups is 1. The number of aromatic nitrogens is 1. The molecule has 140 valence electrons. The summed E-state index contributed by atoms with van der Waals surface area (Å²) in [5.74, 6) is -0.0599. The molecule has 3 aromatic carbocycles. The Bertz CT molecular complexity index is 1230. The SMILES string of the molecule is N#Cc1c(-c2ccccc2)nc2ccc(OCC(N)=O)cc2c1-c1ccccc1. The van der Waals surface area contributed by atoms with Gasteiger partial charge in [0.2, 0.25) is 0 Å². The van der Waals surface area contributed by atoms with Crippen molar-refractivity contribution >= 4 is 16.8 Å². The number of benzene rings is 3. The molecule has 2 N–H and O–H groups in total. The van der Waals surface area contributed by atoms with E-state index in [1.165, 1.54) is 0 Å². The minimum atomic E-state index is -0.552. The summed E-state index contributed by atoms with van der Waals surface area (Å²) in [6.45, 7) is -0.215. The minimum Gasteiger partial charge on any atom is -0.484 e. The van der Waals surface area contributed by atoms with Crippen molar-refractivity contribution in [1.82, 2.24) is 4.98 Å². The molecule has 1 amide bonds. The standard InChI is InChI=1S/C24H17N3O2/c25-14-20-23(16-7-3-1-4-8-16)19-13-18(29-15-22(26)28)11-12-21(19)27-24(20)17-9-5-2-6-10-17/h1-13H,15H2,(H2,26,28). The third-order valence-electron chi connectivity index (χ3n) is 4.56. The average Bonchev–Trinajstić information content (AvgIpc) is 2.77. The number of primary amides is 1. The zero-order valence-electron chi connectivity index (χ0n) is 15.5. The number of ether oxygens (including phenoxy) is 1. The molecular weight excluding hydrogens is 362 g/mol. The Hall–Kier alpha value is -4.17. The van der Waals surface area contributed by atoms with Crippen molar-refractivity contribution in [1.29, 1.82) is 5.26 Å². The molecule has 0 bridgehead atoms. The maximum Gasteiger partial charge on any atom is 0.255 e. The van der Waals surface area contributed by atoms with Gasteiger partial charge >= 0.3 is 0 Å². The first-order valence-electron chi connectivity index (χ1n) is 9.07. The maximum absolute atomic E-state index is 11.1. The van der Waals surface area contributed by atoms with E-state index in [2.05, 4.69) is 6.07 Å². The molecule has 0 aliphatic rings. The normalized spacial score (nSPS) is 10.4. The monoisotopic (exact) mass is 379 g/mol. The van der Waals surface area contributed by atoms with Crippen LogP contribution in [0.5, 0.6) is 5.75 Å². The van der Waals surface area contributed by atoms with Crippen LogP contribution in [0.3, 0.4) is 0 Å². The number of fused-ring (bicyclic) bond motifs is 1. The summed E-state index contributed by atoms with van der Waals surface area (Å²) in [7, 11) is 0. The Morgan fingerprint density at radius 1 is 0.966 bits per heavy atom. The number of nitrogens with zero attached hydrogens (tertiary/aromatic N) is 2. The first kappa shape index (κ1) is 18.2. The summed E-state index contributed by atoms with van der Waals surface area (Å²) in [6, 6.07) is 27.1. The van der Waals surface area contributed by atoms with Gasteiger partial charge < -0.3 is 10.5 Å². The number of nitrogens with two attached hydrogens (primary N) is 1. The van der Waals surface area contributed by atoms with E-state index in [1.807, 2.05) is 66.7 Å². The van der Waals surface area contributed by atoms with Gasteiger partial charge in [-0.25, -0.2) is 4.98 Å². The molecule has 29 heavy (non-hydrogen) atoms. The lowest BCUT2D eigenvalue weighted by atomic mass is 9.92. The number of hydrogen-bond acceptors (Lipinski definition) is 4. The number of pyridine rings is 1. The fraction of sp³-hybridized carbons (Fsp3) is 0.0417. The van der Waals surface area contributed by atoms with Crippen molar-refractivity contribution in [2.24, 2.45) is 5.73 Å². The molecule has 1 heterocycles. The summed E-state index contributed by atoms with van der Waals surface area (Å²) < 4.78 is 5.47. The molecule has 0 aliphatic heterocycles. The molecule has 1 aromatic heterocycles. The topological polar surface area (TPSA) is 89.0 Å². The fourth-order valence-corrected chi connectivity index (χ4v) is 3.30. The third kappa shape index (κ3) is 3.64. The van der Waals surface area contributed by atoms with Crippen molar-refractivity contribution in [2.45, 2.75) is 0 Å². The average molecular weight is 379 g/mol.